The van der Waals surface area contributed by atoms with E-state index in [9.17, 15) is 4.79 Å². The summed E-state index contributed by atoms with van der Waals surface area (Å²) in [6.07, 6.45) is 0. The summed E-state index contributed by atoms with van der Waals surface area (Å²) in [6.45, 7) is -0.933. The number of carbonyl (C=O) groups excluding carboxylic acids is 1. The molecule has 0 aromatic rings. The lowest BCUT2D eigenvalue weighted by molar-refractivity contribution is -0.117. The van der Waals surface area contributed by atoms with Crippen LogP contribution in [0.2, 0.25) is 0 Å². The molecule has 8 heavy (non-hydrogen) atoms. The zero-order valence-electron chi connectivity index (χ0n) is 4.29. The van der Waals surface area contributed by atoms with Gasteiger partial charge in [-0.15, -0.1) is 0 Å². The minimum absolute atomic E-state index is 0.0648. The van der Waals surface area contributed by atoms with E-state index in [0.717, 1.165) is 0 Å². The van der Waals surface area contributed by atoms with Gasteiger partial charge in [0.25, 0.3) is 0 Å². The second-order valence-electron chi connectivity index (χ2n) is 1.28. The molecule has 0 saturated carbocycles. The fourth-order valence-electron chi connectivity index (χ4n) is 0.206. The second kappa shape index (κ2) is 3.40. The summed E-state index contributed by atoms with van der Waals surface area (Å²) in [6, 6.07) is 0. The quantitative estimate of drug-likeness (QED) is 0.402. The maximum atomic E-state index is 10.0. The van der Waals surface area contributed by atoms with Gasteiger partial charge in [-0.1, -0.05) is 0 Å². The molecule has 0 bridgehead atoms. The highest BCUT2D eigenvalue weighted by Gasteiger charge is 2.11. The van der Waals surface area contributed by atoms with E-state index in [1.54, 1.807) is 0 Å². The Morgan fingerprint density at radius 2 is 1.75 bits per heavy atom. The fourth-order valence-corrected chi connectivity index (χ4v) is 0.206. The summed E-state index contributed by atoms with van der Waals surface area (Å²) < 4.78 is 0. The molecule has 0 fully saturated rings. The van der Waals surface area contributed by atoms with Crippen molar-refractivity contribution in [2.75, 3.05) is 13.2 Å². The molecular formula is C4H8NO3. The topological polar surface area (TPSA) is 83.6 Å². The molecule has 47 valence electrons. The van der Waals surface area contributed by atoms with E-state index in [-0.39, 0.29) is 5.92 Å². The van der Waals surface area contributed by atoms with E-state index >= 15 is 0 Å². The van der Waals surface area contributed by atoms with Gasteiger partial charge in [0.2, 0.25) is 5.91 Å². The van der Waals surface area contributed by atoms with E-state index < -0.39 is 19.1 Å². The van der Waals surface area contributed by atoms with E-state index in [1.165, 1.54) is 0 Å². The van der Waals surface area contributed by atoms with Crippen molar-refractivity contribution >= 4 is 5.91 Å². The third-order valence-electron chi connectivity index (χ3n) is 0.730. The maximum Gasteiger partial charge on any atom is 0.229 e. The average Bonchev–Trinajstić information content (AvgIpc) is 1.69. The Balaban J connectivity index is 3.52. The highest BCUT2D eigenvalue weighted by Crippen LogP contribution is 1.91. The Labute approximate surface area is 46.9 Å². The van der Waals surface area contributed by atoms with Crippen molar-refractivity contribution in [1.82, 2.24) is 0 Å². The Bertz CT molecular complexity index is 79.4. The molecule has 4 heteroatoms. The molecule has 0 aromatic carbocycles. The van der Waals surface area contributed by atoms with Crippen molar-refractivity contribution in [3.63, 3.8) is 0 Å². The number of rotatable bonds is 3. The standard InChI is InChI=1S/C4H8NO3/c5-4(8)3(1-6)2-7/h6-7H,1-2H2,(H2,5,8). The molecule has 4 N–H and O–H groups in total. The molecule has 0 aromatic heterocycles. The Kier molecular flexibility index (Phi) is 3.14. The van der Waals surface area contributed by atoms with Crippen LogP contribution >= 0.6 is 0 Å². The first kappa shape index (κ1) is 7.39. The minimum atomic E-state index is -0.755. The van der Waals surface area contributed by atoms with E-state index in [2.05, 4.69) is 5.73 Å². The van der Waals surface area contributed by atoms with Gasteiger partial charge >= 0.3 is 0 Å². The molecule has 1 radical (unpaired) electrons. The molecule has 0 spiro atoms. The van der Waals surface area contributed by atoms with Gasteiger partial charge in [-0.2, -0.15) is 0 Å². The maximum absolute atomic E-state index is 10.0. The molecule has 4 nitrogen and oxygen atoms in total. The Hall–Kier alpha value is -0.610. The van der Waals surface area contributed by atoms with Gasteiger partial charge in [-0.25, -0.2) is 0 Å². The predicted octanol–water partition coefficient (Wildman–Crippen LogP) is -1.97. The number of aliphatic hydroxyl groups excluding tert-OH is 2. The van der Waals surface area contributed by atoms with Crippen molar-refractivity contribution in [3.8, 4) is 0 Å². The summed E-state index contributed by atoms with van der Waals surface area (Å²) in [5.41, 5.74) is 4.66. The monoisotopic (exact) mass is 118 g/mol. The zero-order valence-corrected chi connectivity index (χ0v) is 4.29. The van der Waals surface area contributed by atoms with Crippen LogP contribution in [0.3, 0.4) is 0 Å². The summed E-state index contributed by atoms with van der Waals surface area (Å²) in [7, 11) is 0. The Morgan fingerprint density at radius 3 is 1.75 bits per heavy atom. The van der Waals surface area contributed by atoms with Crippen LogP contribution in [0.1, 0.15) is 0 Å². The Morgan fingerprint density at radius 1 is 1.38 bits per heavy atom. The number of carbonyl (C=O) groups is 1. The van der Waals surface area contributed by atoms with Crippen LogP contribution in [-0.4, -0.2) is 29.3 Å². The number of hydrogen-bond acceptors (Lipinski definition) is 3. The van der Waals surface area contributed by atoms with Gasteiger partial charge in [-0.05, 0) is 0 Å². The summed E-state index contributed by atoms with van der Waals surface area (Å²) >= 11 is 0. The third kappa shape index (κ3) is 1.90. The van der Waals surface area contributed by atoms with Crippen molar-refractivity contribution in [2.24, 2.45) is 5.73 Å². The van der Waals surface area contributed by atoms with Gasteiger partial charge in [0, 0.05) is 0 Å². The lowest BCUT2D eigenvalue weighted by atomic mass is 10.2. The van der Waals surface area contributed by atoms with Crippen molar-refractivity contribution in [1.29, 1.82) is 0 Å². The van der Waals surface area contributed by atoms with Crippen LogP contribution in [0.15, 0.2) is 0 Å². The highest BCUT2D eigenvalue weighted by molar-refractivity contribution is 5.88. The zero-order chi connectivity index (χ0) is 6.57. The van der Waals surface area contributed by atoms with Crippen LogP contribution < -0.4 is 5.73 Å². The molecular weight excluding hydrogens is 110 g/mol. The lowest BCUT2D eigenvalue weighted by Gasteiger charge is -2.01. The van der Waals surface area contributed by atoms with E-state index in [1.807, 2.05) is 0 Å². The molecule has 0 aliphatic rings. The average molecular weight is 118 g/mol. The fraction of sp³-hybridized carbons (Fsp3) is 0.500. The van der Waals surface area contributed by atoms with Crippen LogP contribution in [0.4, 0.5) is 0 Å². The van der Waals surface area contributed by atoms with Gasteiger partial charge < -0.3 is 15.9 Å². The molecule has 0 unspecified atom stereocenters. The molecule has 0 heterocycles. The first-order valence-corrected chi connectivity index (χ1v) is 2.08. The first-order valence-electron chi connectivity index (χ1n) is 2.08. The highest BCUT2D eigenvalue weighted by atomic mass is 16.3. The number of amides is 1. The van der Waals surface area contributed by atoms with E-state index in [0.29, 0.717) is 0 Å². The molecule has 0 atom stereocenters. The van der Waals surface area contributed by atoms with Gasteiger partial charge in [0.15, 0.2) is 0 Å². The summed E-state index contributed by atoms with van der Waals surface area (Å²) in [5, 5.41) is 16.4. The molecule has 0 saturated heterocycles. The van der Waals surface area contributed by atoms with Crippen LogP contribution in [0.25, 0.3) is 0 Å². The minimum Gasteiger partial charge on any atom is -0.395 e. The summed E-state index contributed by atoms with van der Waals surface area (Å²) in [4.78, 5) is 10.0. The third-order valence-corrected chi connectivity index (χ3v) is 0.730. The number of nitrogens with two attached hydrogens (primary N) is 1. The van der Waals surface area contributed by atoms with Crippen molar-refractivity contribution in [2.45, 2.75) is 0 Å². The van der Waals surface area contributed by atoms with Crippen molar-refractivity contribution in [3.05, 3.63) is 5.92 Å². The van der Waals surface area contributed by atoms with Crippen LogP contribution in [0, 0.1) is 5.92 Å². The van der Waals surface area contributed by atoms with Gasteiger partial charge in [0.1, 0.15) is 5.92 Å². The number of aliphatic hydroxyl groups is 2. The number of primary amides is 1. The molecule has 1 amide bonds. The predicted molar refractivity (Wildman–Crippen MR) is 26.6 cm³/mol. The lowest BCUT2D eigenvalue weighted by Crippen LogP contribution is -2.26. The SMILES string of the molecule is NC(=O)[C](CO)CO. The second-order valence-corrected chi connectivity index (χ2v) is 1.28. The van der Waals surface area contributed by atoms with Crippen molar-refractivity contribution < 1.29 is 15.0 Å². The molecule has 0 aliphatic carbocycles. The van der Waals surface area contributed by atoms with Crippen LogP contribution in [-0.2, 0) is 4.79 Å². The van der Waals surface area contributed by atoms with E-state index in [4.69, 9.17) is 10.2 Å². The molecule has 0 rings (SSSR count). The number of hydrogen-bond donors (Lipinski definition) is 3. The first-order chi connectivity index (χ1) is 3.72. The summed E-state index contributed by atoms with van der Waals surface area (Å²) in [5.74, 6) is -0.819. The largest absolute Gasteiger partial charge is 0.395 e. The smallest absolute Gasteiger partial charge is 0.229 e. The molecule has 0 aliphatic heterocycles. The normalized spacial score (nSPS) is 9.88. The van der Waals surface area contributed by atoms with Crippen LogP contribution in [0.5, 0.6) is 0 Å². The van der Waals surface area contributed by atoms with Gasteiger partial charge in [-0.3, -0.25) is 4.79 Å². The van der Waals surface area contributed by atoms with Gasteiger partial charge in [0.05, 0.1) is 13.2 Å².